The van der Waals surface area contributed by atoms with Crippen molar-refractivity contribution < 1.29 is 19.0 Å². The summed E-state index contributed by atoms with van der Waals surface area (Å²) in [4.78, 5) is 9.59. The van der Waals surface area contributed by atoms with Gasteiger partial charge in [0.05, 0.1) is 7.11 Å². The van der Waals surface area contributed by atoms with Crippen LogP contribution >= 0.6 is 0 Å². The van der Waals surface area contributed by atoms with Crippen LogP contribution in [0.25, 0.3) is 0 Å². The van der Waals surface area contributed by atoms with Gasteiger partial charge in [0.1, 0.15) is 0 Å². The number of benzene rings is 1. The number of phenolic OH excluding ortho intramolecular Hbond substituents is 1. The summed E-state index contributed by atoms with van der Waals surface area (Å²) in [6, 6.07) is 3.25. The lowest BCUT2D eigenvalue weighted by molar-refractivity contribution is -0.137. The van der Waals surface area contributed by atoms with Crippen LogP contribution in [0.3, 0.4) is 0 Å². The topological polar surface area (TPSA) is 46.5 Å². The zero-order valence-corrected chi connectivity index (χ0v) is 10.3. The van der Waals surface area contributed by atoms with E-state index in [1.165, 1.54) is 20.1 Å². The number of halogens is 1. The molecule has 0 fully saturated rings. The molecule has 0 saturated heterocycles. The molecule has 3 nitrogen and oxygen atoms in total. The van der Waals surface area contributed by atoms with Crippen LogP contribution < -0.4 is 0 Å². The monoisotopic (exact) mass is 240 g/mol. The van der Waals surface area contributed by atoms with Crippen molar-refractivity contribution in [2.75, 3.05) is 7.11 Å². The predicted octanol–water partition coefficient (Wildman–Crippen LogP) is 2.76. The van der Waals surface area contributed by atoms with Crippen molar-refractivity contribution in [1.29, 1.82) is 0 Å². The number of aromatic hydroxyl groups is 1. The zero-order chi connectivity index (χ0) is 13.0. The summed E-state index contributed by atoms with van der Waals surface area (Å²) >= 11 is 0. The molecule has 0 aromatic heterocycles. The smallest absolute Gasteiger partial charge is 0.302 e. The van der Waals surface area contributed by atoms with E-state index in [1.54, 1.807) is 0 Å². The highest BCUT2D eigenvalue weighted by atomic mass is 19.1. The number of phenols is 1. The molecular formula is C13H17FO3. The highest BCUT2D eigenvalue weighted by Gasteiger charge is 2.23. The molecule has 17 heavy (non-hydrogen) atoms. The predicted molar refractivity (Wildman–Crippen MR) is 62.5 cm³/mol. The van der Waals surface area contributed by atoms with Crippen molar-refractivity contribution in [2.24, 2.45) is 0 Å². The second-order valence-electron chi connectivity index (χ2n) is 4.11. The largest absolute Gasteiger partial charge is 0.505 e. The molecule has 1 aliphatic rings. The van der Waals surface area contributed by atoms with Gasteiger partial charge in [-0.2, -0.15) is 0 Å². The van der Waals surface area contributed by atoms with Crippen molar-refractivity contribution in [3.63, 3.8) is 0 Å². The molecule has 1 unspecified atom stereocenters. The van der Waals surface area contributed by atoms with Gasteiger partial charge in [-0.05, 0) is 36.0 Å². The third-order valence-corrected chi connectivity index (χ3v) is 2.88. The van der Waals surface area contributed by atoms with E-state index in [4.69, 9.17) is 5.11 Å². The molecule has 94 valence electrons. The molecule has 1 aromatic rings. The van der Waals surface area contributed by atoms with Crippen molar-refractivity contribution in [2.45, 2.75) is 32.6 Å². The molecule has 1 N–H and O–H groups in total. The molecule has 1 aliphatic carbocycles. The van der Waals surface area contributed by atoms with Crippen molar-refractivity contribution in [3.8, 4) is 5.75 Å². The van der Waals surface area contributed by atoms with E-state index in [2.05, 4.69) is 4.74 Å². The van der Waals surface area contributed by atoms with Gasteiger partial charge in [0.25, 0.3) is 0 Å². The maximum absolute atomic E-state index is 13.3. The molecule has 0 radical (unpaired) electrons. The van der Waals surface area contributed by atoms with Crippen molar-refractivity contribution in [1.82, 2.24) is 0 Å². The fourth-order valence-corrected chi connectivity index (χ4v) is 1.89. The van der Waals surface area contributed by atoms with Crippen LogP contribution in [0.1, 0.15) is 37.3 Å². The second-order valence-corrected chi connectivity index (χ2v) is 4.11. The average molecular weight is 240 g/mol. The summed E-state index contributed by atoms with van der Waals surface area (Å²) in [5.74, 6) is -0.628. The number of hydrogen-bond donors (Lipinski definition) is 1. The number of hydrogen-bond acceptors (Lipinski definition) is 3. The molecular weight excluding hydrogens is 223 g/mol. The van der Waals surface area contributed by atoms with Crippen LogP contribution in [-0.2, 0) is 16.0 Å². The first-order valence-corrected chi connectivity index (χ1v) is 5.52. The van der Waals surface area contributed by atoms with Crippen LogP contribution in [0, 0.1) is 5.82 Å². The Kier molecular flexibility index (Phi) is 4.49. The summed E-state index contributed by atoms with van der Waals surface area (Å²) in [6.07, 6.45) is 1.93. The number of carbonyl (C=O) groups excluding carboxylic acids is 1. The van der Waals surface area contributed by atoms with Gasteiger partial charge in [-0.25, -0.2) is 4.39 Å². The standard InChI is InChI=1S/C10H11FO.C3H6O2/c1-6-2-3-7-4-5-8(12)10(11)9(6)7;1-3(4)5-2/h4-6,12H,2-3H2,1H3;1-2H3. The summed E-state index contributed by atoms with van der Waals surface area (Å²) in [5.41, 5.74) is 1.77. The van der Waals surface area contributed by atoms with Crippen molar-refractivity contribution in [3.05, 3.63) is 29.1 Å². The van der Waals surface area contributed by atoms with Gasteiger partial charge in [-0.3, -0.25) is 4.79 Å². The Morgan fingerprint density at radius 3 is 2.65 bits per heavy atom. The van der Waals surface area contributed by atoms with E-state index in [-0.39, 0.29) is 17.6 Å². The Balaban J connectivity index is 0.000000249. The Morgan fingerprint density at radius 1 is 1.53 bits per heavy atom. The lowest BCUT2D eigenvalue weighted by Crippen LogP contribution is -1.92. The van der Waals surface area contributed by atoms with E-state index in [0.29, 0.717) is 0 Å². The quantitative estimate of drug-likeness (QED) is 0.709. The molecule has 1 aromatic carbocycles. The maximum atomic E-state index is 13.3. The average Bonchev–Trinajstić information content (AvgIpc) is 2.67. The van der Waals surface area contributed by atoms with Gasteiger partial charge in [0.15, 0.2) is 11.6 Å². The van der Waals surface area contributed by atoms with Gasteiger partial charge >= 0.3 is 5.97 Å². The van der Waals surface area contributed by atoms with Crippen LogP contribution in [0.4, 0.5) is 4.39 Å². The second kappa shape index (κ2) is 5.66. The number of methoxy groups -OCH3 is 1. The van der Waals surface area contributed by atoms with Gasteiger partial charge in [-0.15, -0.1) is 0 Å². The fourth-order valence-electron chi connectivity index (χ4n) is 1.89. The number of carbonyl (C=O) groups is 1. The normalized spacial score (nSPS) is 16.8. The SMILES string of the molecule is CC1CCc2ccc(O)c(F)c21.COC(C)=O. The van der Waals surface area contributed by atoms with Crippen molar-refractivity contribution >= 4 is 5.97 Å². The molecule has 2 rings (SSSR count). The van der Waals surface area contributed by atoms with Crippen LogP contribution in [0.15, 0.2) is 12.1 Å². The van der Waals surface area contributed by atoms with E-state index in [0.717, 1.165) is 24.0 Å². The summed E-state index contributed by atoms with van der Waals surface area (Å²) in [5, 5.41) is 9.13. The Bertz CT molecular complexity index is 415. The summed E-state index contributed by atoms with van der Waals surface area (Å²) in [6.45, 7) is 3.36. The molecule has 0 amide bonds. The molecule has 0 aliphatic heterocycles. The Morgan fingerprint density at radius 2 is 2.12 bits per heavy atom. The molecule has 4 heteroatoms. The van der Waals surface area contributed by atoms with E-state index in [9.17, 15) is 9.18 Å². The highest BCUT2D eigenvalue weighted by molar-refractivity contribution is 5.65. The first kappa shape index (κ1) is 13.5. The van der Waals surface area contributed by atoms with Gasteiger partial charge in [0, 0.05) is 6.92 Å². The first-order chi connectivity index (χ1) is 7.97. The first-order valence-electron chi connectivity index (χ1n) is 5.52. The minimum absolute atomic E-state index is 0.220. The molecule has 0 saturated carbocycles. The molecule has 1 atom stereocenters. The van der Waals surface area contributed by atoms with Gasteiger partial charge in [-0.1, -0.05) is 13.0 Å². The summed E-state index contributed by atoms with van der Waals surface area (Å²) in [7, 11) is 1.35. The number of aryl methyl sites for hydroxylation is 1. The highest BCUT2D eigenvalue weighted by Crippen LogP contribution is 2.37. The molecule has 0 spiro atoms. The number of esters is 1. The number of rotatable bonds is 0. The van der Waals surface area contributed by atoms with Crippen LogP contribution in [0.5, 0.6) is 5.75 Å². The summed E-state index contributed by atoms with van der Waals surface area (Å²) < 4.78 is 17.4. The Labute approximate surface area is 100 Å². The van der Waals surface area contributed by atoms with E-state index in [1.807, 2.05) is 13.0 Å². The number of ether oxygens (including phenoxy) is 1. The molecule has 0 heterocycles. The van der Waals surface area contributed by atoms with Gasteiger partial charge < -0.3 is 9.84 Å². The molecule has 0 bridgehead atoms. The zero-order valence-electron chi connectivity index (χ0n) is 10.3. The fraction of sp³-hybridized carbons (Fsp3) is 0.462. The third-order valence-electron chi connectivity index (χ3n) is 2.88. The lowest BCUT2D eigenvalue weighted by atomic mass is 10.0. The van der Waals surface area contributed by atoms with E-state index >= 15 is 0 Å². The third kappa shape index (κ3) is 3.19. The Hall–Kier alpha value is -1.58. The number of fused-ring (bicyclic) bond motifs is 1. The van der Waals surface area contributed by atoms with Crippen LogP contribution in [0.2, 0.25) is 0 Å². The van der Waals surface area contributed by atoms with Gasteiger partial charge in [0.2, 0.25) is 0 Å². The maximum Gasteiger partial charge on any atom is 0.302 e. The minimum atomic E-state index is -0.419. The van der Waals surface area contributed by atoms with Crippen LogP contribution in [-0.4, -0.2) is 18.2 Å². The minimum Gasteiger partial charge on any atom is -0.505 e. The van der Waals surface area contributed by atoms with E-state index < -0.39 is 5.82 Å². The lowest BCUT2D eigenvalue weighted by Gasteiger charge is -2.06.